The molecule has 0 aromatic heterocycles. The van der Waals surface area contributed by atoms with Gasteiger partial charge in [0.2, 0.25) is 35.4 Å². The number of carbonyl (C=O) groups is 8. The number of nitrogens with one attached hydrogen (secondary N) is 8. The maximum absolute atomic E-state index is 14.8. The Bertz CT molecular complexity index is 2560. The van der Waals surface area contributed by atoms with Crippen LogP contribution in [-0.2, 0) is 41.6 Å². The van der Waals surface area contributed by atoms with Crippen LogP contribution in [0.4, 0.5) is 0 Å². The van der Waals surface area contributed by atoms with Crippen LogP contribution in [0.25, 0.3) is 0 Å². The number of fused-ring (bicyclic) bond motifs is 2. The van der Waals surface area contributed by atoms with Gasteiger partial charge in [-0.05, 0) is 131 Å². The summed E-state index contributed by atoms with van der Waals surface area (Å²) in [6.45, 7) is 14.3. The van der Waals surface area contributed by atoms with Gasteiger partial charge < -0.3 is 57.1 Å². The predicted octanol–water partition coefficient (Wildman–Crippen LogP) is 3.76. The van der Waals surface area contributed by atoms with Crippen molar-refractivity contribution >= 4 is 47.3 Å². The van der Waals surface area contributed by atoms with Crippen molar-refractivity contribution < 1.29 is 43.1 Å². The summed E-state index contributed by atoms with van der Waals surface area (Å²) in [6.07, 6.45) is 5.10. The molecule has 422 valence electrons. The second-order valence-electron chi connectivity index (χ2n) is 23.7. The van der Waals surface area contributed by atoms with Crippen molar-refractivity contribution in [2.45, 2.75) is 167 Å². The first-order chi connectivity index (χ1) is 36.9. The molecule has 10 atom stereocenters. The molecule has 0 spiro atoms. The van der Waals surface area contributed by atoms with Crippen LogP contribution >= 0.6 is 0 Å². The molecule has 19 heteroatoms. The monoisotopic (exact) mass is 1070 g/mol. The lowest BCUT2D eigenvalue weighted by molar-refractivity contribution is -0.144. The zero-order valence-electron chi connectivity index (χ0n) is 47.3. The molecule has 78 heavy (non-hydrogen) atoms. The number of methoxy groups -OCH3 is 1. The van der Waals surface area contributed by atoms with E-state index >= 15 is 0 Å². The second-order valence-corrected chi connectivity index (χ2v) is 23.7. The minimum absolute atomic E-state index is 0.0432. The lowest BCUT2D eigenvalue weighted by Crippen LogP contribution is -2.59. The molecule has 8 amide bonds. The third-order valence-electron chi connectivity index (χ3n) is 15.9. The van der Waals surface area contributed by atoms with E-state index in [2.05, 4.69) is 54.7 Å². The van der Waals surface area contributed by atoms with Gasteiger partial charge >= 0.3 is 0 Å². The summed E-state index contributed by atoms with van der Waals surface area (Å²) in [5.41, 5.74) is 2.96. The first kappa shape index (κ1) is 58.8. The summed E-state index contributed by atoms with van der Waals surface area (Å²) >= 11 is 0. The molecule has 2 fully saturated rings. The van der Waals surface area contributed by atoms with Gasteiger partial charge in [-0.3, -0.25) is 38.4 Å². The predicted molar refractivity (Wildman–Crippen MR) is 296 cm³/mol. The van der Waals surface area contributed by atoms with Crippen LogP contribution in [0.15, 0.2) is 66.7 Å². The molecule has 0 radical (unpaired) electrons. The van der Waals surface area contributed by atoms with E-state index in [0.29, 0.717) is 0 Å². The van der Waals surface area contributed by atoms with E-state index < -0.39 is 82.8 Å². The number of likely N-dealkylation sites (N-methyl/N-ethyl adjacent to an activating group) is 2. The summed E-state index contributed by atoms with van der Waals surface area (Å²) in [7, 11) is 4.70. The van der Waals surface area contributed by atoms with Crippen molar-refractivity contribution in [1.29, 1.82) is 0 Å². The van der Waals surface area contributed by atoms with Gasteiger partial charge in [-0.2, -0.15) is 0 Å². The molecule has 3 aromatic rings. The Morgan fingerprint density at radius 3 is 1.31 bits per heavy atom. The summed E-state index contributed by atoms with van der Waals surface area (Å²) < 4.78 is 5.60. The number of aryl methyl sites for hydroxylation is 2. The normalized spacial score (nSPS) is 22.6. The summed E-state index contributed by atoms with van der Waals surface area (Å²) in [5, 5.41) is 24.1. The summed E-state index contributed by atoms with van der Waals surface area (Å²) in [6, 6.07) is 13.1. The standard InChI is InChI=1S/C59H82N10O9/c1-33(60-9)50(70)66-48(58(3,4)5)56(76)68-31-39(29-46(68)54(74)64-44-24-16-20-35-18-12-14-22-42(35)44)62-52(72)37-26-38(28-41(27-37)78-11)53(73)63-40-30-47(55(75)65-45-25-17-21-36-19-13-15-23-43(36)45)69(32-40)57(77)49(59(6,7)8)67-51(71)34(2)61-10/h12-15,18-19,22-23,26-28,33-34,39-40,44-49,60-61H,16-17,20-21,24-25,29-32H2,1-11H3,(H,62,72)(H,63,73)(H,64,74)(H,65,75)(H,66,70)(H,67,71)/t33-,34-,39-,40-,44+,45+,46-,47-,48+,49?/m0/s1. The Morgan fingerprint density at radius 2 is 0.949 bits per heavy atom. The number of hydrogen-bond acceptors (Lipinski definition) is 11. The van der Waals surface area contributed by atoms with E-state index in [-0.39, 0.29) is 78.5 Å². The maximum Gasteiger partial charge on any atom is 0.251 e. The highest BCUT2D eigenvalue weighted by atomic mass is 16.5. The van der Waals surface area contributed by atoms with E-state index in [4.69, 9.17) is 4.74 Å². The molecule has 0 saturated carbocycles. The molecule has 3 aromatic carbocycles. The van der Waals surface area contributed by atoms with Crippen molar-refractivity contribution in [2.24, 2.45) is 10.8 Å². The largest absolute Gasteiger partial charge is 0.497 e. The van der Waals surface area contributed by atoms with Crippen LogP contribution in [0.1, 0.15) is 149 Å². The zero-order chi connectivity index (χ0) is 56.8. The van der Waals surface area contributed by atoms with Gasteiger partial charge in [0.05, 0.1) is 31.3 Å². The SMILES string of the molecule is CN[C@@H](C)C(=O)NC(C(=O)N1C[C@@H](NC(=O)c2cc(OC)cc(C(=O)N[C@H]3C[C@@H](C(=O)N[C@@H]4CCCc5ccccc54)N(C(=O)[C@@H](NC(=O)[C@H](C)NC)C(C)(C)C)C3)c2)C[C@H]1C(=O)N[C@@H]1CCCc2ccccc21)C(C)(C)C. The van der Waals surface area contributed by atoms with Crippen molar-refractivity contribution in [1.82, 2.24) is 52.3 Å². The lowest BCUT2D eigenvalue weighted by Gasteiger charge is -2.36. The molecule has 19 nitrogen and oxygen atoms in total. The number of benzene rings is 3. The minimum Gasteiger partial charge on any atom is -0.497 e. The van der Waals surface area contributed by atoms with Crippen LogP contribution < -0.4 is 47.3 Å². The van der Waals surface area contributed by atoms with Crippen LogP contribution in [-0.4, -0.2) is 140 Å². The number of likely N-dealkylation sites (tertiary alicyclic amines) is 2. The Labute approximate surface area is 459 Å². The van der Waals surface area contributed by atoms with E-state index in [0.717, 1.165) is 60.8 Å². The van der Waals surface area contributed by atoms with E-state index in [1.807, 2.05) is 77.9 Å². The molecule has 2 heterocycles. The van der Waals surface area contributed by atoms with Crippen molar-refractivity contribution in [3.8, 4) is 5.75 Å². The Kier molecular flexibility index (Phi) is 18.7. The van der Waals surface area contributed by atoms with Gasteiger partial charge in [-0.25, -0.2) is 0 Å². The van der Waals surface area contributed by atoms with Gasteiger partial charge in [0.1, 0.15) is 29.9 Å². The van der Waals surface area contributed by atoms with E-state index in [1.54, 1.807) is 27.9 Å². The van der Waals surface area contributed by atoms with E-state index in [9.17, 15) is 38.4 Å². The number of carbonyl (C=O) groups excluding carboxylic acids is 8. The smallest absolute Gasteiger partial charge is 0.251 e. The lowest BCUT2D eigenvalue weighted by atomic mass is 9.85. The molecule has 0 bridgehead atoms. The van der Waals surface area contributed by atoms with Gasteiger partial charge in [-0.15, -0.1) is 0 Å². The van der Waals surface area contributed by atoms with E-state index in [1.165, 1.54) is 35.1 Å². The van der Waals surface area contributed by atoms with Gasteiger partial charge in [0.25, 0.3) is 11.8 Å². The van der Waals surface area contributed by atoms with Crippen molar-refractivity contribution in [3.63, 3.8) is 0 Å². The zero-order valence-corrected chi connectivity index (χ0v) is 47.3. The molecule has 8 N–H and O–H groups in total. The summed E-state index contributed by atoms with van der Waals surface area (Å²) in [4.78, 5) is 117. The second kappa shape index (κ2) is 24.9. The third-order valence-corrected chi connectivity index (χ3v) is 15.9. The number of nitrogens with zero attached hydrogens (tertiary/aromatic N) is 2. The first-order valence-corrected chi connectivity index (χ1v) is 27.6. The highest BCUT2D eigenvalue weighted by Gasteiger charge is 2.48. The Morgan fingerprint density at radius 1 is 0.564 bits per heavy atom. The fourth-order valence-electron chi connectivity index (χ4n) is 11.2. The topological polar surface area (TPSA) is 249 Å². The fraction of sp³-hybridized carbons (Fsp3) is 0.559. The number of ether oxygens (including phenoxy) is 1. The molecule has 2 saturated heterocycles. The Hall–Kier alpha value is -6.86. The molecule has 4 aliphatic rings. The van der Waals surface area contributed by atoms with Crippen LogP contribution in [0, 0.1) is 10.8 Å². The highest BCUT2D eigenvalue weighted by Crippen LogP contribution is 2.34. The third kappa shape index (κ3) is 13.7. The minimum atomic E-state index is -1.02. The number of amides is 8. The average molecular weight is 1080 g/mol. The molecular weight excluding hydrogens is 993 g/mol. The van der Waals surface area contributed by atoms with Crippen molar-refractivity contribution in [3.05, 3.63) is 100 Å². The number of hydrogen-bond donors (Lipinski definition) is 8. The number of rotatable bonds is 17. The molecule has 2 aliphatic heterocycles. The Balaban J connectivity index is 1.12. The van der Waals surface area contributed by atoms with Gasteiger partial charge in [-0.1, -0.05) is 90.1 Å². The molecule has 1 unspecified atom stereocenters. The van der Waals surface area contributed by atoms with Crippen LogP contribution in [0.2, 0.25) is 0 Å². The molecule has 2 aliphatic carbocycles. The summed E-state index contributed by atoms with van der Waals surface area (Å²) in [5.74, 6) is -3.42. The van der Waals surface area contributed by atoms with Crippen LogP contribution in [0.5, 0.6) is 5.75 Å². The van der Waals surface area contributed by atoms with Crippen LogP contribution in [0.3, 0.4) is 0 Å². The highest BCUT2D eigenvalue weighted by molar-refractivity contribution is 6.01. The molecular formula is C59H82N10O9. The molecule has 7 rings (SSSR count). The maximum atomic E-state index is 14.8. The average Bonchev–Trinajstić information content (AvgIpc) is 4.05. The quantitative estimate of drug-likeness (QED) is 0.0968. The van der Waals surface area contributed by atoms with Gasteiger partial charge in [0, 0.05) is 36.3 Å². The first-order valence-electron chi connectivity index (χ1n) is 27.6. The fourth-order valence-corrected chi connectivity index (χ4v) is 11.2. The van der Waals surface area contributed by atoms with Gasteiger partial charge in [0.15, 0.2) is 0 Å². The van der Waals surface area contributed by atoms with Crippen molar-refractivity contribution in [2.75, 3.05) is 34.3 Å².